The Morgan fingerprint density at radius 3 is 2.88 bits per heavy atom. The predicted octanol–water partition coefficient (Wildman–Crippen LogP) is 3.50. The fourth-order valence-corrected chi connectivity index (χ4v) is 2.43. The SMILES string of the molecule is COc1ccccc1-c1noc(CNc2cc(CO)ccc2Cl)n1. The third-order valence-corrected chi connectivity index (χ3v) is 3.79. The summed E-state index contributed by atoms with van der Waals surface area (Å²) in [6, 6.07) is 12.7. The number of aliphatic hydroxyl groups is 1. The molecule has 2 aromatic carbocycles. The minimum Gasteiger partial charge on any atom is -0.496 e. The van der Waals surface area contributed by atoms with Gasteiger partial charge in [0.2, 0.25) is 11.7 Å². The van der Waals surface area contributed by atoms with Crippen molar-refractivity contribution >= 4 is 17.3 Å². The highest BCUT2D eigenvalue weighted by Gasteiger charge is 2.13. The van der Waals surface area contributed by atoms with Crippen molar-refractivity contribution in [2.75, 3.05) is 12.4 Å². The number of aliphatic hydroxyl groups excluding tert-OH is 1. The van der Waals surface area contributed by atoms with E-state index in [1.54, 1.807) is 25.3 Å². The van der Waals surface area contributed by atoms with Gasteiger partial charge in [-0.3, -0.25) is 0 Å². The number of nitrogens with zero attached hydrogens (tertiary/aromatic N) is 2. The first-order chi connectivity index (χ1) is 11.7. The number of ether oxygens (including phenoxy) is 1. The lowest BCUT2D eigenvalue weighted by atomic mass is 10.2. The molecule has 0 spiro atoms. The van der Waals surface area contributed by atoms with Crippen LogP contribution in [0.4, 0.5) is 5.69 Å². The van der Waals surface area contributed by atoms with Gasteiger partial charge in [-0.15, -0.1) is 0 Å². The van der Waals surface area contributed by atoms with E-state index in [9.17, 15) is 5.11 Å². The Kier molecular flexibility index (Phi) is 4.98. The van der Waals surface area contributed by atoms with E-state index in [0.29, 0.717) is 34.7 Å². The van der Waals surface area contributed by atoms with E-state index in [4.69, 9.17) is 20.9 Å². The van der Waals surface area contributed by atoms with Gasteiger partial charge in [0, 0.05) is 0 Å². The van der Waals surface area contributed by atoms with Crippen molar-refractivity contribution in [1.82, 2.24) is 10.1 Å². The maximum atomic E-state index is 9.19. The minimum absolute atomic E-state index is 0.0512. The number of nitrogens with one attached hydrogen (secondary N) is 1. The molecule has 0 saturated carbocycles. The van der Waals surface area contributed by atoms with Crippen LogP contribution in [0.15, 0.2) is 47.0 Å². The standard InChI is InChI=1S/C17H16ClN3O3/c1-23-15-5-3-2-4-12(15)17-20-16(24-21-17)9-19-14-8-11(10-22)6-7-13(14)18/h2-8,19,22H,9-10H2,1H3. The van der Waals surface area contributed by atoms with Gasteiger partial charge in [-0.2, -0.15) is 4.98 Å². The Hall–Kier alpha value is -2.57. The first-order valence-electron chi connectivity index (χ1n) is 7.30. The van der Waals surface area contributed by atoms with E-state index >= 15 is 0 Å². The van der Waals surface area contributed by atoms with Crippen LogP contribution >= 0.6 is 11.6 Å². The van der Waals surface area contributed by atoms with Crippen LogP contribution in [0.1, 0.15) is 11.5 Å². The lowest BCUT2D eigenvalue weighted by Crippen LogP contribution is -2.01. The summed E-state index contributed by atoms with van der Waals surface area (Å²) < 4.78 is 10.6. The predicted molar refractivity (Wildman–Crippen MR) is 91.0 cm³/mol. The van der Waals surface area contributed by atoms with Gasteiger partial charge in [-0.05, 0) is 29.8 Å². The smallest absolute Gasteiger partial charge is 0.246 e. The van der Waals surface area contributed by atoms with Gasteiger partial charge >= 0.3 is 0 Å². The highest BCUT2D eigenvalue weighted by atomic mass is 35.5. The summed E-state index contributed by atoms with van der Waals surface area (Å²) >= 11 is 6.13. The van der Waals surface area contributed by atoms with Gasteiger partial charge in [0.05, 0.1) is 36.5 Å². The highest BCUT2D eigenvalue weighted by Crippen LogP contribution is 2.27. The third kappa shape index (κ3) is 3.50. The first-order valence-corrected chi connectivity index (χ1v) is 7.68. The number of para-hydroxylation sites is 1. The number of aromatic nitrogens is 2. The number of benzene rings is 2. The van der Waals surface area contributed by atoms with Crippen LogP contribution in [0.2, 0.25) is 5.02 Å². The zero-order chi connectivity index (χ0) is 16.9. The third-order valence-electron chi connectivity index (χ3n) is 3.46. The molecule has 0 atom stereocenters. The largest absolute Gasteiger partial charge is 0.496 e. The van der Waals surface area contributed by atoms with Gasteiger partial charge in [0.1, 0.15) is 5.75 Å². The van der Waals surface area contributed by atoms with E-state index in [-0.39, 0.29) is 6.61 Å². The highest BCUT2D eigenvalue weighted by molar-refractivity contribution is 6.33. The monoisotopic (exact) mass is 345 g/mol. The van der Waals surface area contributed by atoms with E-state index < -0.39 is 0 Å². The lowest BCUT2D eigenvalue weighted by Gasteiger charge is -2.07. The molecule has 124 valence electrons. The Balaban J connectivity index is 1.75. The minimum atomic E-state index is -0.0512. The van der Waals surface area contributed by atoms with E-state index in [0.717, 1.165) is 11.1 Å². The Morgan fingerprint density at radius 2 is 2.08 bits per heavy atom. The first kappa shape index (κ1) is 16.3. The summed E-state index contributed by atoms with van der Waals surface area (Å²) in [5.41, 5.74) is 2.22. The maximum absolute atomic E-state index is 9.19. The van der Waals surface area contributed by atoms with Gasteiger partial charge in [-0.1, -0.05) is 35.0 Å². The second kappa shape index (κ2) is 7.33. The number of halogens is 1. The molecule has 1 heterocycles. The van der Waals surface area contributed by atoms with Crippen molar-refractivity contribution in [2.45, 2.75) is 13.2 Å². The van der Waals surface area contributed by atoms with Crippen LogP contribution in [0, 0.1) is 0 Å². The average molecular weight is 346 g/mol. The molecule has 0 aliphatic heterocycles. The molecule has 0 aliphatic carbocycles. The van der Waals surface area contributed by atoms with Crippen molar-refractivity contribution in [3.63, 3.8) is 0 Å². The number of hydrogen-bond acceptors (Lipinski definition) is 6. The maximum Gasteiger partial charge on any atom is 0.246 e. The molecule has 0 saturated heterocycles. The molecule has 0 aliphatic rings. The van der Waals surface area contributed by atoms with E-state index in [2.05, 4.69) is 15.5 Å². The van der Waals surface area contributed by atoms with Crippen LogP contribution in [-0.4, -0.2) is 22.4 Å². The zero-order valence-corrected chi connectivity index (χ0v) is 13.7. The number of rotatable bonds is 6. The van der Waals surface area contributed by atoms with Crippen molar-refractivity contribution in [2.24, 2.45) is 0 Å². The van der Waals surface area contributed by atoms with E-state index in [1.807, 2.05) is 24.3 Å². The molecule has 2 N–H and O–H groups in total. The molecule has 1 aromatic heterocycles. The van der Waals surface area contributed by atoms with Gasteiger partial charge in [-0.25, -0.2) is 0 Å². The molecule has 7 heteroatoms. The lowest BCUT2D eigenvalue weighted by molar-refractivity contribution is 0.282. The molecule has 0 fully saturated rings. The molecule has 6 nitrogen and oxygen atoms in total. The normalized spacial score (nSPS) is 10.6. The van der Waals surface area contributed by atoms with Gasteiger partial charge < -0.3 is 19.7 Å². The summed E-state index contributed by atoms with van der Waals surface area (Å²) in [6.07, 6.45) is 0. The number of anilines is 1. The van der Waals surface area contributed by atoms with Crippen molar-refractivity contribution < 1.29 is 14.4 Å². The van der Waals surface area contributed by atoms with Crippen LogP contribution in [-0.2, 0) is 13.2 Å². The Morgan fingerprint density at radius 1 is 1.25 bits per heavy atom. The number of hydrogen-bond donors (Lipinski definition) is 2. The summed E-state index contributed by atoms with van der Waals surface area (Å²) in [4.78, 5) is 4.36. The molecule has 0 bridgehead atoms. The summed E-state index contributed by atoms with van der Waals surface area (Å²) in [5, 5.41) is 16.9. The molecular weight excluding hydrogens is 330 g/mol. The fraction of sp³-hybridized carbons (Fsp3) is 0.176. The molecule has 24 heavy (non-hydrogen) atoms. The summed E-state index contributed by atoms with van der Waals surface area (Å²) in [5.74, 6) is 1.55. The molecule has 0 amide bonds. The second-order valence-corrected chi connectivity index (χ2v) is 5.45. The van der Waals surface area contributed by atoms with Crippen LogP contribution < -0.4 is 10.1 Å². The van der Waals surface area contributed by atoms with Crippen LogP contribution in [0.3, 0.4) is 0 Å². The van der Waals surface area contributed by atoms with Gasteiger partial charge in [0.15, 0.2) is 0 Å². The fourth-order valence-electron chi connectivity index (χ4n) is 2.24. The topological polar surface area (TPSA) is 80.4 Å². The zero-order valence-electron chi connectivity index (χ0n) is 13.0. The Bertz CT molecular complexity index is 835. The summed E-state index contributed by atoms with van der Waals surface area (Å²) in [7, 11) is 1.59. The summed E-state index contributed by atoms with van der Waals surface area (Å²) in [6.45, 7) is 0.265. The molecule has 0 unspecified atom stereocenters. The van der Waals surface area contributed by atoms with E-state index in [1.165, 1.54) is 0 Å². The van der Waals surface area contributed by atoms with Crippen molar-refractivity contribution in [3.8, 4) is 17.1 Å². The Labute approximate surface area is 144 Å². The molecule has 0 radical (unpaired) electrons. The van der Waals surface area contributed by atoms with Crippen LogP contribution in [0.25, 0.3) is 11.4 Å². The van der Waals surface area contributed by atoms with Crippen molar-refractivity contribution in [1.29, 1.82) is 0 Å². The second-order valence-electron chi connectivity index (χ2n) is 5.04. The van der Waals surface area contributed by atoms with Crippen molar-refractivity contribution in [3.05, 3.63) is 58.9 Å². The quantitative estimate of drug-likeness (QED) is 0.711. The van der Waals surface area contributed by atoms with Gasteiger partial charge in [0.25, 0.3) is 0 Å². The number of methoxy groups -OCH3 is 1. The molecule has 3 rings (SSSR count). The van der Waals surface area contributed by atoms with Crippen LogP contribution in [0.5, 0.6) is 5.75 Å². The molecule has 3 aromatic rings. The average Bonchev–Trinajstić information content (AvgIpc) is 3.10. The molecular formula is C17H16ClN3O3.